The Hall–Kier alpha value is -2.82. The molecule has 0 aromatic heterocycles. The average molecular weight is 420 g/mol. The Morgan fingerprint density at radius 3 is 2.69 bits per heavy atom. The second-order valence-corrected chi connectivity index (χ2v) is 6.96. The summed E-state index contributed by atoms with van der Waals surface area (Å²) >= 11 is 6.18. The molecule has 2 aromatic carbocycles. The normalized spacial score (nSPS) is 12.7. The van der Waals surface area contributed by atoms with Crippen molar-refractivity contribution in [2.75, 3.05) is 7.11 Å². The first-order valence-corrected chi connectivity index (χ1v) is 9.46. The van der Waals surface area contributed by atoms with Crippen molar-refractivity contribution >= 4 is 17.5 Å². The highest BCUT2D eigenvalue weighted by Gasteiger charge is 2.22. The van der Waals surface area contributed by atoms with Gasteiger partial charge in [0.15, 0.2) is 11.6 Å². The van der Waals surface area contributed by atoms with E-state index in [-0.39, 0.29) is 35.0 Å². The number of hydrogen-bond donors (Lipinski definition) is 2. The number of nitrogens with zero attached hydrogens (tertiary/aromatic N) is 1. The van der Waals surface area contributed by atoms with Crippen LogP contribution in [0.2, 0.25) is 5.02 Å². The molecule has 2 aromatic rings. The highest BCUT2D eigenvalue weighted by atomic mass is 35.5. The van der Waals surface area contributed by atoms with Gasteiger partial charge in [0.25, 0.3) is 0 Å². The molecule has 0 aliphatic heterocycles. The van der Waals surface area contributed by atoms with E-state index in [4.69, 9.17) is 32.1 Å². The molecular formula is C21H23ClFN3O3. The third-order valence-corrected chi connectivity index (χ3v) is 4.67. The van der Waals surface area contributed by atoms with Crippen LogP contribution in [0.5, 0.6) is 17.2 Å². The second kappa shape index (κ2) is 10.1. The molecule has 6 nitrogen and oxygen atoms in total. The zero-order valence-electron chi connectivity index (χ0n) is 16.5. The Morgan fingerprint density at radius 2 is 2.10 bits per heavy atom. The van der Waals surface area contributed by atoms with Gasteiger partial charge < -0.3 is 20.5 Å². The predicted octanol–water partition coefficient (Wildman–Crippen LogP) is 4.46. The number of carbonyl (C=O) groups excluding carboxylic acids is 1. The number of halogens is 2. The number of benzene rings is 2. The van der Waals surface area contributed by atoms with Crippen molar-refractivity contribution in [3.05, 3.63) is 52.3 Å². The van der Waals surface area contributed by atoms with Crippen LogP contribution >= 0.6 is 11.6 Å². The molecule has 0 heterocycles. The lowest BCUT2D eigenvalue weighted by Gasteiger charge is -2.23. The monoisotopic (exact) mass is 419 g/mol. The molecule has 0 bridgehead atoms. The fourth-order valence-electron chi connectivity index (χ4n) is 2.99. The van der Waals surface area contributed by atoms with Gasteiger partial charge in [-0.25, -0.2) is 4.39 Å². The Morgan fingerprint density at radius 1 is 1.38 bits per heavy atom. The summed E-state index contributed by atoms with van der Waals surface area (Å²) in [5.41, 5.74) is 5.93. The predicted molar refractivity (Wildman–Crippen MR) is 109 cm³/mol. The van der Waals surface area contributed by atoms with E-state index in [1.807, 2.05) is 19.9 Å². The Labute approximate surface area is 174 Å². The van der Waals surface area contributed by atoms with Crippen LogP contribution in [0.25, 0.3) is 0 Å². The highest BCUT2D eigenvalue weighted by Crippen LogP contribution is 2.37. The third-order valence-electron chi connectivity index (χ3n) is 4.37. The number of nitrogens with one attached hydrogen (secondary N) is 1. The molecule has 2 atom stereocenters. The van der Waals surface area contributed by atoms with Crippen molar-refractivity contribution in [3.8, 4) is 23.3 Å². The zero-order chi connectivity index (χ0) is 21.6. The number of carbonyl (C=O) groups is 1. The Kier molecular flexibility index (Phi) is 7.82. The first kappa shape index (κ1) is 22.5. The number of nitrogens with two attached hydrogens (primary N) is 1. The van der Waals surface area contributed by atoms with Gasteiger partial charge in [-0.1, -0.05) is 24.6 Å². The van der Waals surface area contributed by atoms with Crippen molar-refractivity contribution in [3.63, 3.8) is 0 Å². The van der Waals surface area contributed by atoms with Crippen molar-refractivity contribution in [2.24, 2.45) is 5.73 Å². The lowest BCUT2D eigenvalue weighted by Crippen LogP contribution is -2.34. The van der Waals surface area contributed by atoms with Gasteiger partial charge in [-0.05, 0) is 31.5 Å². The molecule has 0 saturated heterocycles. The van der Waals surface area contributed by atoms with Crippen LogP contribution in [0.15, 0.2) is 30.3 Å². The van der Waals surface area contributed by atoms with Gasteiger partial charge in [0.1, 0.15) is 17.6 Å². The van der Waals surface area contributed by atoms with Crippen LogP contribution in [0.1, 0.15) is 43.9 Å². The van der Waals surface area contributed by atoms with E-state index < -0.39 is 11.7 Å². The van der Waals surface area contributed by atoms with Crippen LogP contribution < -0.4 is 20.5 Å². The molecule has 3 N–H and O–H groups in total. The van der Waals surface area contributed by atoms with E-state index in [9.17, 15) is 4.79 Å². The summed E-state index contributed by atoms with van der Waals surface area (Å²) in [6, 6.07) is 9.10. The molecule has 8 heteroatoms. The molecule has 0 aliphatic rings. The number of amides is 1. The molecule has 0 fully saturated rings. The Balaban J connectivity index is 2.35. The third kappa shape index (κ3) is 5.59. The fraction of sp³-hybridized carbons (Fsp3) is 0.333. The van der Waals surface area contributed by atoms with E-state index in [2.05, 4.69) is 5.32 Å². The van der Waals surface area contributed by atoms with Crippen molar-refractivity contribution in [1.82, 2.24) is 5.32 Å². The van der Waals surface area contributed by atoms with Crippen LogP contribution in [-0.4, -0.2) is 19.1 Å². The number of ether oxygens (including phenoxy) is 2. The van der Waals surface area contributed by atoms with Gasteiger partial charge in [-0.15, -0.1) is 0 Å². The largest absolute Gasteiger partial charge is 0.495 e. The van der Waals surface area contributed by atoms with Crippen LogP contribution in [0.3, 0.4) is 0 Å². The number of methoxy groups -OCH3 is 1. The molecule has 154 valence electrons. The van der Waals surface area contributed by atoms with Crippen LogP contribution in [-0.2, 0) is 4.79 Å². The molecular weight excluding hydrogens is 397 g/mol. The lowest BCUT2D eigenvalue weighted by atomic mass is 10.0. The van der Waals surface area contributed by atoms with Crippen molar-refractivity contribution in [1.29, 1.82) is 5.26 Å². The van der Waals surface area contributed by atoms with E-state index in [1.165, 1.54) is 25.3 Å². The molecule has 2 rings (SSSR count). The molecule has 1 amide bonds. The minimum atomic E-state index is -0.605. The molecule has 0 spiro atoms. The summed E-state index contributed by atoms with van der Waals surface area (Å²) in [6.07, 6.45) is 0.714. The van der Waals surface area contributed by atoms with Gasteiger partial charge in [0.05, 0.1) is 17.7 Å². The minimum absolute atomic E-state index is 0.106. The lowest BCUT2D eigenvalue weighted by molar-refractivity contribution is -0.118. The number of nitriles is 1. The van der Waals surface area contributed by atoms with Gasteiger partial charge in [-0.2, -0.15) is 5.26 Å². The van der Waals surface area contributed by atoms with E-state index in [0.29, 0.717) is 23.3 Å². The molecule has 0 radical (unpaired) electrons. The smallest absolute Gasteiger partial charge is 0.218 e. The maximum Gasteiger partial charge on any atom is 0.218 e. The molecule has 29 heavy (non-hydrogen) atoms. The molecule has 0 saturated carbocycles. The summed E-state index contributed by atoms with van der Waals surface area (Å²) < 4.78 is 26.1. The SMILES string of the molecule is CC[C@@H](N[C@H](C)CC(N)=O)c1ccc(Cl)c(Oc2ccc(C#N)c(OC)c2)c1F. The summed E-state index contributed by atoms with van der Waals surface area (Å²) in [7, 11) is 1.43. The quantitative estimate of drug-likeness (QED) is 0.625. The first-order chi connectivity index (χ1) is 13.8. The summed E-state index contributed by atoms with van der Waals surface area (Å²) in [5.74, 6) is -0.576. The van der Waals surface area contributed by atoms with E-state index >= 15 is 4.39 Å². The van der Waals surface area contributed by atoms with Gasteiger partial charge in [0, 0.05) is 30.1 Å². The topological polar surface area (TPSA) is 97.4 Å². The highest BCUT2D eigenvalue weighted by molar-refractivity contribution is 6.32. The second-order valence-electron chi connectivity index (χ2n) is 6.55. The standard InChI is InChI=1S/C21H23ClFN3O3/c1-4-17(26-12(2)9-19(25)27)15-7-8-16(22)21(20(15)23)29-14-6-5-13(11-24)18(10-14)28-3/h5-8,10,12,17,26H,4,9H2,1-3H3,(H2,25,27)/t12-,17-/m1/s1. The molecule has 0 aliphatic carbocycles. The fourth-order valence-corrected chi connectivity index (χ4v) is 3.17. The number of hydrogen-bond acceptors (Lipinski definition) is 5. The van der Waals surface area contributed by atoms with Crippen molar-refractivity contribution < 1.29 is 18.7 Å². The minimum Gasteiger partial charge on any atom is -0.495 e. The van der Waals surface area contributed by atoms with Gasteiger partial charge in [0.2, 0.25) is 5.91 Å². The first-order valence-electron chi connectivity index (χ1n) is 9.08. The summed E-state index contributed by atoms with van der Waals surface area (Å²) in [6.45, 7) is 3.70. The zero-order valence-corrected chi connectivity index (χ0v) is 17.2. The van der Waals surface area contributed by atoms with E-state index in [1.54, 1.807) is 12.1 Å². The maximum atomic E-state index is 15.3. The summed E-state index contributed by atoms with van der Waals surface area (Å²) in [5, 5.41) is 12.4. The Bertz CT molecular complexity index is 930. The van der Waals surface area contributed by atoms with Crippen LogP contribution in [0.4, 0.5) is 4.39 Å². The average Bonchev–Trinajstić information content (AvgIpc) is 2.69. The van der Waals surface area contributed by atoms with Gasteiger partial charge in [-0.3, -0.25) is 4.79 Å². The van der Waals surface area contributed by atoms with Gasteiger partial charge >= 0.3 is 0 Å². The number of primary amides is 1. The van der Waals surface area contributed by atoms with E-state index in [0.717, 1.165) is 0 Å². The van der Waals surface area contributed by atoms with Crippen LogP contribution in [0, 0.1) is 17.1 Å². The molecule has 0 unspecified atom stereocenters. The van der Waals surface area contributed by atoms with Crippen molar-refractivity contribution in [2.45, 2.75) is 38.8 Å². The summed E-state index contributed by atoms with van der Waals surface area (Å²) in [4.78, 5) is 11.1. The number of rotatable bonds is 9. The maximum absolute atomic E-state index is 15.3.